The molecule has 0 radical (unpaired) electrons. The zero-order chi connectivity index (χ0) is 15.9. The van der Waals surface area contributed by atoms with Crippen LogP contribution in [-0.4, -0.2) is 47.4 Å². The molecule has 3 amide bonds. The third-order valence-electron chi connectivity index (χ3n) is 3.28. The molecule has 0 aromatic carbocycles. The molecule has 2 rings (SSSR count). The van der Waals surface area contributed by atoms with Crippen molar-refractivity contribution in [3.8, 4) is 0 Å². The van der Waals surface area contributed by atoms with Gasteiger partial charge in [-0.05, 0) is 25.5 Å². The molecule has 0 spiro atoms. The summed E-state index contributed by atoms with van der Waals surface area (Å²) in [5.74, 6) is -0.743. The summed E-state index contributed by atoms with van der Waals surface area (Å²) in [5, 5.41) is 5.33. The van der Waals surface area contributed by atoms with E-state index in [-0.39, 0.29) is 30.5 Å². The topological polar surface area (TPSA) is 82.9 Å². The number of hydrogen-bond donors (Lipinski definition) is 1. The third kappa shape index (κ3) is 3.75. The number of hydrazine groups is 1. The SMILES string of the molecule is CC=CCC(=O)N1CCCN1C(=O)CNC(=O)c1ccco1. The van der Waals surface area contributed by atoms with Crippen LogP contribution in [0.3, 0.4) is 0 Å². The molecule has 1 aromatic rings. The number of carbonyl (C=O) groups excluding carboxylic acids is 3. The van der Waals surface area contributed by atoms with Gasteiger partial charge in [-0.1, -0.05) is 12.2 Å². The van der Waals surface area contributed by atoms with Crippen LogP contribution in [0.2, 0.25) is 0 Å². The minimum absolute atomic E-state index is 0.124. The van der Waals surface area contributed by atoms with Crippen LogP contribution < -0.4 is 5.32 Å². The Morgan fingerprint density at radius 1 is 1.27 bits per heavy atom. The number of nitrogens with zero attached hydrogens (tertiary/aromatic N) is 2. The van der Waals surface area contributed by atoms with Crippen molar-refractivity contribution in [2.24, 2.45) is 0 Å². The van der Waals surface area contributed by atoms with Crippen molar-refractivity contribution in [2.45, 2.75) is 19.8 Å². The first-order chi connectivity index (χ1) is 10.6. The number of rotatable bonds is 5. The lowest BCUT2D eigenvalue weighted by atomic mass is 10.3. The van der Waals surface area contributed by atoms with Crippen LogP contribution in [-0.2, 0) is 9.59 Å². The van der Waals surface area contributed by atoms with E-state index in [0.29, 0.717) is 13.1 Å². The number of hydrogen-bond acceptors (Lipinski definition) is 4. The first-order valence-corrected chi connectivity index (χ1v) is 7.17. The standard InChI is InChI=1S/C15H19N3O4/c1-2-3-7-13(19)17-8-5-9-18(17)14(20)11-16-15(21)12-6-4-10-22-12/h2-4,6,10H,5,7-9,11H2,1H3,(H,16,21). The van der Waals surface area contributed by atoms with Gasteiger partial charge in [-0.25, -0.2) is 5.01 Å². The average Bonchev–Trinajstić information content (AvgIpc) is 3.20. The summed E-state index contributed by atoms with van der Waals surface area (Å²) < 4.78 is 4.95. The molecule has 1 saturated heterocycles. The van der Waals surface area contributed by atoms with E-state index >= 15 is 0 Å². The summed E-state index contributed by atoms with van der Waals surface area (Å²) in [6.07, 6.45) is 5.93. The van der Waals surface area contributed by atoms with Gasteiger partial charge in [-0.15, -0.1) is 0 Å². The second-order valence-corrected chi connectivity index (χ2v) is 4.82. The van der Waals surface area contributed by atoms with E-state index in [4.69, 9.17) is 4.42 Å². The normalized spacial score (nSPS) is 14.6. The number of amides is 3. The Bertz CT molecular complexity index is 565. The lowest BCUT2D eigenvalue weighted by molar-refractivity contribution is -0.156. The molecule has 1 N–H and O–H groups in total. The zero-order valence-electron chi connectivity index (χ0n) is 12.4. The summed E-state index contributed by atoms with van der Waals surface area (Å²) in [6.45, 7) is 2.67. The minimum Gasteiger partial charge on any atom is -0.459 e. The van der Waals surface area contributed by atoms with E-state index in [1.54, 1.807) is 18.2 Å². The van der Waals surface area contributed by atoms with Crippen LogP contribution in [0.25, 0.3) is 0 Å². The second kappa shape index (κ2) is 7.44. The first-order valence-electron chi connectivity index (χ1n) is 7.17. The molecule has 0 unspecified atom stereocenters. The van der Waals surface area contributed by atoms with E-state index in [9.17, 15) is 14.4 Å². The van der Waals surface area contributed by atoms with Crippen molar-refractivity contribution in [1.29, 1.82) is 0 Å². The molecule has 7 heteroatoms. The molecule has 2 heterocycles. The highest BCUT2D eigenvalue weighted by Crippen LogP contribution is 2.12. The van der Waals surface area contributed by atoms with Crippen LogP contribution >= 0.6 is 0 Å². The molecule has 1 fully saturated rings. The highest BCUT2D eigenvalue weighted by Gasteiger charge is 2.29. The van der Waals surface area contributed by atoms with Gasteiger partial charge in [0.15, 0.2) is 5.76 Å². The van der Waals surface area contributed by atoms with Gasteiger partial charge >= 0.3 is 0 Å². The molecule has 7 nitrogen and oxygen atoms in total. The smallest absolute Gasteiger partial charge is 0.287 e. The fourth-order valence-corrected chi connectivity index (χ4v) is 2.20. The quantitative estimate of drug-likeness (QED) is 0.821. The van der Waals surface area contributed by atoms with E-state index < -0.39 is 5.91 Å². The highest BCUT2D eigenvalue weighted by molar-refractivity contribution is 5.94. The molecule has 0 bridgehead atoms. The van der Waals surface area contributed by atoms with E-state index in [2.05, 4.69) is 5.32 Å². The Hall–Kier alpha value is -2.57. The molecule has 22 heavy (non-hydrogen) atoms. The van der Waals surface area contributed by atoms with Gasteiger partial charge in [0.05, 0.1) is 12.8 Å². The number of allylic oxidation sites excluding steroid dienone is 1. The van der Waals surface area contributed by atoms with Gasteiger partial charge in [0.25, 0.3) is 11.8 Å². The maximum Gasteiger partial charge on any atom is 0.287 e. The van der Waals surface area contributed by atoms with Crippen molar-refractivity contribution in [2.75, 3.05) is 19.6 Å². The van der Waals surface area contributed by atoms with E-state index in [1.807, 2.05) is 6.92 Å². The maximum absolute atomic E-state index is 12.2. The number of nitrogens with one attached hydrogen (secondary N) is 1. The largest absolute Gasteiger partial charge is 0.459 e. The minimum atomic E-state index is -0.454. The first kappa shape index (κ1) is 15.8. The molecular formula is C15H19N3O4. The van der Waals surface area contributed by atoms with Crippen LogP contribution in [0.4, 0.5) is 0 Å². The summed E-state index contributed by atoms with van der Waals surface area (Å²) in [5.41, 5.74) is 0. The predicted octanol–water partition coefficient (Wildman–Crippen LogP) is 0.951. The summed E-state index contributed by atoms with van der Waals surface area (Å²) >= 11 is 0. The van der Waals surface area contributed by atoms with Crippen molar-refractivity contribution >= 4 is 17.7 Å². The van der Waals surface area contributed by atoms with Crippen LogP contribution in [0.5, 0.6) is 0 Å². The van der Waals surface area contributed by atoms with E-state index in [1.165, 1.54) is 22.3 Å². The fourth-order valence-electron chi connectivity index (χ4n) is 2.20. The fraction of sp³-hybridized carbons (Fsp3) is 0.400. The van der Waals surface area contributed by atoms with E-state index in [0.717, 1.165) is 6.42 Å². The zero-order valence-corrected chi connectivity index (χ0v) is 12.4. The Kier molecular flexibility index (Phi) is 5.35. The van der Waals surface area contributed by atoms with Crippen LogP contribution in [0.15, 0.2) is 35.0 Å². The molecule has 1 aliphatic heterocycles. The van der Waals surface area contributed by atoms with Crippen LogP contribution in [0.1, 0.15) is 30.3 Å². The van der Waals surface area contributed by atoms with Crippen molar-refractivity contribution in [1.82, 2.24) is 15.3 Å². The molecule has 1 aliphatic rings. The van der Waals surface area contributed by atoms with Crippen molar-refractivity contribution in [3.05, 3.63) is 36.3 Å². The molecule has 0 saturated carbocycles. The Labute approximate surface area is 128 Å². The van der Waals surface area contributed by atoms with Crippen molar-refractivity contribution < 1.29 is 18.8 Å². The molecular weight excluding hydrogens is 286 g/mol. The van der Waals surface area contributed by atoms with Crippen LogP contribution in [0, 0.1) is 0 Å². The third-order valence-corrected chi connectivity index (χ3v) is 3.28. The second-order valence-electron chi connectivity index (χ2n) is 4.82. The maximum atomic E-state index is 12.2. The Balaban J connectivity index is 1.88. The lowest BCUT2D eigenvalue weighted by Crippen LogP contribution is -2.48. The molecule has 1 aromatic heterocycles. The summed E-state index contributed by atoms with van der Waals surface area (Å²) in [6, 6.07) is 3.11. The number of furan rings is 1. The van der Waals surface area contributed by atoms with Gasteiger partial charge in [0.1, 0.15) is 0 Å². The van der Waals surface area contributed by atoms with Gasteiger partial charge < -0.3 is 9.73 Å². The number of carbonyl (C=O) groups is 3. The highest BCUT2D eigenvalue weighted by atomic mass is 16.3. The van der Waals surface area contributed by atoms with Gasteiger partial charge in [0, 0.05) is 19.5 Å². The average molecular weight is 305 g/mol. The lowest BCUT2D eigenvalue weighted by Gasteiger charge is -2.27. The Morgan fingerprint density at radius 3 is 2.64 bits per heavy atom. The summed E-state index contributed by atoms with van der Waals surface area (Å²) in [7, 11) is 0. The monoisotopic (exact) mass is 305 g/mol. The summed E-state index contributed by atoms with van der Waals surface area (Å²) in [4.78, 5) is 35.9. The molecule has 118 valence electrons. The van der Waals surface area contributed by atoms with Gasteiger partial charge in [-0.3, -0.25) is 19.4 Å². The predicted molar refractivity (Wildman–Crippen MR) is 78.5 cm³/mol. The Morgan fingerprint density at radius 2 is 2.00 bits per heavy atom. The van der Waals surface area contributed by atoms with Gasteiger partial charge in [0.2, 0.25) is 5.91 Å². The molecule has 0 aliphatic carbocycles. The van der Waals surface area contributed by atoms with Gasteiger partial charge in [-0.2, -0.15) is 0 Å². The molecule has 0 atom stereocenters. The van der Waals surface area contributed by atoms with Crippen molar-refractivity contribution in [3.63, 3.8) is 0 Å².